The molecule has 0 bridgehead atoms. The van der Waals surface area contributed by atoms with Crippen LogP contribution < -0.4 is 14.8 Å². The lowest BCUT2D eigenvalue weighted by molar-refractivity contribution is 0.0945. The van der Waals surface area contributed by atoms with E-state index in [-0.39, 0.29) is 11.6 Å². The third-order valence-corrected chi connectivity index (χ3v) is 4.19. The number of carbonyl (C=O) groups excluding carboxylic acids is 1. The van der Waals surface area contributed by atoms with Crippen LogP contribution in [0.5, 0.6) is 11.5 Å². The highest BCUT2D eigenvalue weighted by Crippen LogP contribution is 2.27. The molecule has 0 radical (unpaired) electrons. The molecule has 1 heterocycles. The Bertz CT molecular complexity index is 933. The minimum atomic E-state index is -0.266. The zero-order valence-electron chi connectivity index (χ0n) is 15.6. The summed E-state index contributed by atoms with van der Waals surface area (Å²) in [5, 5.41) is 6.73. The Hall–Kier alpha value is -3.28. The predicted molar refractivity (Wildman–Crippen MR) is 102 cm³/mol. The number of ether oxygens (including phenoxy) is 2. The highest BCUT2D eigenvalue weighted by Gasteiger charge is 2.13. The molecule has 6 nitrogen and oxygen atoms in total. The molecule has 6 heteroatoms. The van der Waals surface area contributed by atoms with Crippen molar-refractivity contribution in [3.63, 3.8) is 0 Å². The van der Waals surface area contributed by atoms with Gasteiger partial charge in [-0.2, -0.15) is 0 Å². The zero-order valence-corrected chi connectivity index (χ0v) is 15.6. The third-order valence-electron chi connectivity index (χ3n) is 4.19. The smallest absolute Gasteiger partial charge is 0.273 e. The summed E-state index contributed by atoms with van der Waals surface area (Å²) in [6.45, 7) is 2.47. The van der Waals surface area contributed by atoms with Crippen LogP contribution in [0.2, 0.25) is 0 Å². The highest BCUT2D eigenvalue weighted by molar-refractivity contribution is 5.93. The molecule has 0 unspecified atom stereocenters. The molecule has 0 atom stereocenters. The van der Waals surface area contributed by atoms with E-state index in [1.807, 2.05) is 49.4 Å². The van der Waals surface area contributed by atoms with Crippen LogP contribution in [-0.4, -0.2) is 31.8 Å². The van der Waals surface area contributed by atoms with Gasteiger partial charge in [-0.25, -0.2) is 0 Å². The summed E-state index contributed by atoms with van der Waals surface area (Å²) in [5.74, 6) is 1.65. The Morgan fingerprint density at radius 1 is 1.07 bits per heavy atom. The number of aryl methyl sites for hydroxylation is 1. The molecule has 1 amide bonds. The lowest BCUT2D eigenvalue weighted by atomic mass is 10.1. The van der Waals surface area contributed by atoms with Crippen LogP contribution in [0.1, 0.15) is 21.6 Å². The summed E-state index contributed by atoms with van der Waals surface area (Å²) in [5.41, 5.74) is 3.31. The standard InChI is InChI=1S/C21H22N2O4/c1-14-5-4-6-16(11-14)19-13-17(23-27-19)21(24)22-10-9-15-7-8-18(25-2)20(12-15)26-3/h4-8,11-13H,9-10H2,1-3H3,(H,22,24). The molecule has 0 aliphatic heterocycles. The first-order valence-electron chi connectivity index (χ1n) is 8.63. The second-order valence-electron chi connectivity index (χ2n) is 6.14. The molecule has 0 aliphatic carbocycles. The number of hydrogen-bond acceptors (Lipinski definition) is 5. The number of nitrogens with zero attached hydrogens (tertiary/aromatic N) is 1. The molecule has 0 aliphatic rings. The van der Waals surface area contributed by atoms with Crippen molar-refractivity contribution >= 4 is 5.91 Å². The number of aromatic nitrogens is 1. The van der Waals surface area contributed by atoms with Crippen molar-refractivity contribution in [3.05, 3.63) is 65.4 Å². The molecule has 140 valence electrons. The third kappa shape index (κ3) is 4.47. The molecule has 1 aromatic heterocycles. The van der Waals surface area contributed by atoms with Crippen LogP contribution in [0.25, 0.3) is 11.3 Å². The molecule has 0 fully saturated rings. The molecule has 0 saturated heterocycles. The van der Waals surface area contributed by atoms with Gasteiger partial charge in [-0.15, -0.1) is 0 Å². The van der Waals surface area contributed by atoms with E-state index in [0.717, 1.165) is 16.7 Å². The van der Waals surface area contributed by atoms with E-state index in [1.54, 1.807) is 20.3 Å². The van der Waals surface area contributed by atoms with Gasteiger partial charge in [0.25, 0.3) is 5.91 Å². The van der Waals surface area contributed by atoms with Crippen LogP contribution in [0.15, 0.2) is 53.1 Å². The lowest BCUT2D eigenvalue weighted by Gasteiger charge is -2.09. The Morgan fingerprint density at radius 2 is 1.89 bits per heavy atom. The first-order chi connectivity index (χ1) is 13.1. The Kier molecular flexibility index (Phi) is 5.76. The van der Waals surface area contributed by atoms with E-state index in [4.69, 9.17) is 14.0 Å². The minimum Gasteiger partial charge on any atom is -0.493 e. The second kappa shape index (κ2) is 8.40. The quantitative estimate of drug-likeness (QED) is 0.691. The van der Waals surface area contributed by atoms with E-state index in [9.17, 15) is 4.79 Å². The van der Waals surface area contributed by atoms with Gasteiger partial charge in [-0.1, -0.05) is 35.0 Å². The van der Waals surface area contributed by atoms with Crippen molar-refractivity contribution in [2.45, 2.75) is 13.3 Å². The second-order valence-corrected chi connectivity index (χ2v) is 6.14. The monoisotopic (exact) mass is 366 g/mol. The number of hydrogen-bond donors (Lipinski definition) is 1. The topological polar surface area (TPSA) is 73.6 Å². The minimum absolute atomic E-state index is 0.263. The van der Waals surface area contributed by atoms with Crippen LogP contribution in [0.4, 0.5) is 0 Å². The summed E-state index contributed by atoms with van der Waals surface area (Å²) >= 11 is 0. The summed E-state index contributed by atoms with van der Waals surface area (Å²) < 4.78 is 15.8. The maximum Gasteiger partial charge on any atom is 0.273 e. The van der Waals surface area contributed by atoms with Gasteiger partial charge in [-0.3, -0.25) is 4.79 Å². The van der Waals surface area contributed by atoms with E-state index >= 15 is 0 Å². The fraction of sp³-hybridized carbons (Fsp3) is 0.238. The number of nitrogens with one attached hydrogen (secondary N) is 1. The molecule has 0 spiro atoms. The predicted octanol–water partition coefficient (Wildman–Crippen LogP) is 3.64. The molecule has 3 aromatic rings. The van der Waals surface area contributed by atoms with Gasteiger partial charge >= 0.3 is 0 Å². The summed E-state index contributed by atoms with van der Waals surface area (Å²) in [4.78, 5) is 12.3. The summed E-state index contributed by atoms with van der Waals surface area (Å²) in [6, 6.07) is 15.2. The Labute approximate surface area is 158 Å². The molecular formula is C21H22N2O4. The lowest BCUT2D eigenvalue weighted by Crippen LogP contribution is -2.25. The molecule has 1 N–H and O–H groups in total. The number of rotatable bonds is 7. The number of methoxy groups -OCH3 is 2. The number of amides is 1. The van der Waals surface area contributed by atoms with Crippen molar-refractivity contribution in [2.24, 2.45) is 0 Å². The van der Waals surface area contributed by atoms with Crippen molar-refractivity contribution in [2.75, 3.05) is 20.8 Å². The molecule has 0 saturated carbocycles. The number of carbonyl (C=O) groups is 1. The first-order valence-corrected chi connectivity index (χ1v) is 8.63. The molecule has 27 heavy (non-hydrogen) atoms. The van der Waals surface area contributed by atoms with Crippen LogP contribution in [0.3, 0.4) is 0 Å². The van der Waals surface area contributed by atoms with E-state index in [0.29, 0.717) is 30.2 Å². The fourth-order valence-corrected chi connectivity index (χ4v) is 2.76. The first kappa shape index (κ1) is 18.5. The summed E-state index contributed by atoms with van der Waals surface area (Å²) in [6.07, 6.45) is 0.661. The molecule has 3 rings (SSSR count). The van der Waals surface area contributed by atoms with Crippen LogP contribution in [0, 0.1) is 6.92 Å². The largest absolute Gasteiger partial charge is 0.493 e. The van der Waals surface area contributed by atoms with Crippen LogP contribution >= 0.6 is 0 Å². The maximum absolute atomic E-state index is 12.3. The van der Waals surface area contributed by atoms with E-state index in [2.05, 4.69) is 10.5 Å². The zero-order chi connectivity index (χ0) is 19.2. The number of benzene rings is 2. The van der Waals surface area contributed by atoms with Gasteiger partial charge in [0.2, 0.25) is 0 Å². The van der Waals surface area contributed by atoms with E-state index in [1.165, 1.54) is 0 Å². The van der Waals surface area contributed by atoms with Crippen LogP contribution in [-0.2, 0) is 6.42 Å². The Balaban J connectivity index is 1.59. The maximum atomic E-state index is 12.3. The van der Waals surface area contributed by atoms with Crippen molar-refractivity contribution in [1.29, 1.82) is 0 Å². The normalized spacial score (nSPS) is 10.5. The van der Waals surface area contributed by atoms with Crippen molar-refractivity contribution in [1.82, 2.24) is 10.5 Å². The van der Waals surface area contributed by atoms with Crippen molar-refractivity contribution < 1.29 is 18.8 Å². The van der Waals surface area contributed by atoms with Crippen molar-refractivity contribution in [3.8, 4) is 22.8 Å². The van der Waals surface area contributed by atoms with E-state index < -0.39 is 0 Å². The molecular weight excluding hydrogens is 344 g/mol. The average Bonchev–Trinajstić information content (AvgIpc) is 3.18. The van der Waals surface area contributed by atoms with Gasteiger partial charge in [0.15, 0.2) is 23.0 Å². The highest BCUT2D eigenvalue weighted by atomic mass is 16.5. The molecule has 2 aromatic carbocycles. The van der Waals surface area contributed by atoms with Gasteiger partial charge in [0.1, 0.15) is 0 Å². The van der Waals surface area contributed by atoms with Gasteiger partial charge in [0, 0.05) is 18.2 Å². The summed E-state index contributed by atoms with van der Waals surface area (Å²) in [7, 11) is 3.19. The van der Waals surface area contributed by atoms with Gasteiger partial charge in [0.05, 0.1) is 14.2 Å². The fourth-order valence-electron chi connectivity index (χ4n) is 2.76. The SMILES string of the molecule is COc1ccc(CCNC(=O)c2cc(-c3cccc(C)c3)on2)cc1OC. The van der Waals surface area contributed by atoms with Gasteiger partial charge < -0.3 is 19.3 Å². The average molecular weight is 366 g/mol. The Morgan fingerprint density at radius 3 is 2.63 bits per heavy atom. The van der Waals surface area contributed by atoms with Gasteiger partial charge in [-0.05, 0) is 37.1 Å².